The molecular formula is C16H11F3N6. The van der Waals surface area contributed by atoms with Crippen LogP contribution in [-0.4, -0.2) is 29.9 Å². The van der Waals surface area contributed by atoms with E-state index in [1.165, 1.54) is 10.7 Å². The minimum Gasteiger partial charge on any atom is -0.258 e. The van der Waals surface area contributed by atoms with Crippen LogP contribution in [-0.2, 0) is 6.54 Å². The van der Waals surface area contributed by atoms with E-state index in [0.29, 0.717) is 22.3 Å². The molecule has 0 bridgehead atoms. The van der Waals surface area contributed by atoms with Gasteiger partial charge in [-0.3, -0.25) is 5.10 Å². The number of aromatic nitrogens is 6. The van der Waals surface area contributed by atoms with Gasteiger partial charge >= 0.3 is 0 Å². The molecule has 0 aliphatic heterocycles. The number of alkyl halides is 2. The molecule has 0 fully saturated rings. The summed E-state index contributed by atoms with van der Waals surface area (Å²) in [6, 6.07) is 9.76. The van der Waals surface area contributed by atoms with E-state index in [1.54, 1.807) is 36.5 Å². The number of aromatic amines is 1. The fourth-order valence-corrected chi connectivity index (χ4v) is 2.55. The summed E-state index contributed by atoms with van der Waals surface area (Å²) >= 11 is 0. The van der Waals surface area contributed by atoms with Gasteiger partial charge in [0, 0.05) is 11.8 Å². The first kappa shape index (κ1) is 15.3. The molecule has 0 saturated carbocycles. The van der Waals surface area contributed by atoms with Crippen molar-refractivity contribution >= 4 is 11.0 Å². The molecule has 9 heteroatoms. The van der Waals surface area contributed by atoms with Gasteiger partial charge in [-0.05, 0) is 18.2 Å². The lowest BCUT2D eigenvalue weighted by Crippen LogP contribution is -2.04. The van der Waals surface area contributed by atoms with Crippen molar-refractivity contribution < 1.29 is 13.2 Å². The molecule has 6 nitrogen and oxygen atoms in total. The van der Waals surface area contributed by atoms with Crippen LogP contribution >= 0.6 is 0 Å². The van der Waals surface area contributed by atoms with Crippen molar-refractivity contribution in [2.45, 2.75) is 13.0 Å². The van der Waals surface area contributed by atoms with Gasteiger partial charge in [0.25, 0.3) is 6.43 Å². The van der Waals surface area contributed by atoms with Crippen LogP contribution in [0.4, 0.5) is 13.2 Å². The molecule has 0 atom stereocenters. The predicted octanol–water partition coefficient (Wildman–Crippen LogP) is 3.34. The Morgan fingerprint density at radius 3 is 2.72 bits per heavy atom. The second-order valence-corrected chi connectivity index (χ2v) is 5.32. The fraction of sp³-hybridized carbons (Fsp3) is 0.125. The van der Waals surface area contributed by atoms with Crippen molar-refractivity contribution in [3.63, 3.8) is 0 Å². The molecule has 1 aromatic carbocycles. The summed E-state index contributed by atoms with van der Waals surface area (Å²) in [5.41, 5.74) is 1.24. The van der Waals surface area contributed by atoms with Crippen LogP contribution in [0.3, 0.4) is 0 Å². The van der Waals surface area contributed by atoms with Crippen LogP contribution in [0.2, 0.25) is 0 Å². The van der Waals surface area contributed by atoms with E-state index < -0.39 is 12.2 Å². The van der Waals surface area contributed by atoms with Crippen molar-refractivity contribution in [2.24, 2.45) is 0 Å². The van der Waals surface area contributed by atoms with E-state index in [-0.39, 0.29) is 18.2 Å². The summed E-state index contributed by atoms with van der Waals surface area (Å²) in [4.78, 5) is 8.03. The number of fused-ring (bicyclic) bond motifs is 1. The largest absolute Gasteiger partial charge is 0.296 e. The molecule has 3 aromatic heterocycles. The Morgan fingerprint density at radius 1 is 1.12 bits per heavy atom. The summed E-state index contributed by atoms with van der Waals surface area (Å²) in [6.45, 7) is 0.145. The molecule has 4 rings (SSSR count). The van der Waals surface area contributed by atoms with Gasteiger partial charge in [0.1, 0.15) is 11.5 Å². The SMILES string of the molecule is Fc1ccccc1Cn1nc(-c2n[nH]c(C(F)F)n2)c2cccnc21. The Balaban J connectivity index is 1.82. The highest BCUT2D eigenvalue weighted by molar-refractivity contribution is 5.89. The summed E-state index contributed by atoms with van der Waals surface area (Å²) in [6.07, 6.45) is -1.18. The Bertz CT molecular complexity index is 1040. The number of H-pyrrole nitrogens is 1. The predicted molar refractivity (Wildman–Crippen MR) is 83.4 cm³/mol. The molecule has 0 amide bonds. The van der Waals surface area contributed by atoms with E-state index in [4.69, 9.17) is 0 Å². The molecule has 0 aliphatic rings. The molecule has 0 spiro atoms. The van der Waals surface area contributed by atoms with Crippen molar-refractivity contribution in [1.82, 2.24) is 29.9 Å². The van der Waals surface area contributed by atoms with Gasteiger partial charge in [0.15, 0.2) is 11.5 Å². The second-order valence-electron chi connectivity index (χ2n) is 5.32. The van der Waals surface area contributed by atoms with Gasteiger partial charge in [-0.2, -0.15) is 10.2 Å². The molecule has 1 N–H and O–H groups in total. The maximum Gasteiger partial charge on any atom is 0.296 e. The van der Waals surface area contributed by atoms with Crippen LogP contribution in [0.1, 0.15) is 17.8 Å². The van der Waals surface area contributed by atoms with Gasteiger partial charge in [-0.25, -0.2) is 27.8 Å². The van der Waals surface area contributed by atoms with Gasteiger partial charge < -0.3 is 0 Å². The first-order chi connectivity index (χ1) is 12.1. The zero-order valence-corrected chi connectivity index (χ0v) is 12.7. The van der Waals surface area contributed by atoms with Crippen LogP contribution in [0, 0.1) is 5.82 Å². The first-order valence-electron chi connectivity index (χ1n) is 7.39. The third-order valence-corrected chi connectivity index (χ3v) is 3.71. The van der Waals surface area contributed by atoms with E-state index in [2.05, 4.69) is 25.3 Å². The minimum absolute atomic E-state index is 0.0422. The number of nitrogens with one attached hydrogen (secondary N) is 1. The summed E-state index contributed by atoms with van der Waals surface area (Å²) < 4.78 is 40.9. The molecule has 0 radical (unpaired) electrons. The highest BCUT2D eigenvalue weighted by Gasteiger charge is 2.20. The average molecular weight is 344 g/mol. The van der Waals surface area contributed by atoms with Crippen molar-refractivity contribution in [1.29, 1.82) is 0 Å². The van der Waals surface area contributed by atoms with E-state index >= 15 is 0 Å². The van der Waals surface area contributed by atoms with Crippen molar-refractivity contribution in [3.8, 4) is 11.5 Å². The maximum atomic E-state index is 13.9. The van der Waals surface area contributed by atoms with Crippen LogP contribution < -0.4 is 0 Å². The van der Waals surface area contributed by atoms with Crippen molar-refractivity contribution in [2.75, 3.05) is 0 Å². The zero-order chi connectivity index (χ0) is 17.4. The lowest BCUT2D eigenvalue weighted by atomic mass is 10.2. The first-order valence-corrected chi connectivity index (χ1v) is 7.39. The Labute approximate surface area is 139 Å². The van der Waals surface area contributed by atoms with E-state index in [0.717, 1.165) is 0 Å². The van der Waals surface area contributed by atoms with Gasteiger partial charge in [-0.1, -0.05) is 18.2 Å². The quantitative estimate of drug-likeness (QED) is 0.616. The molecule has 0 saturated heterocycles. The monoisotopic (exact) mass is 344 g/mol. The Kier molecular flexibility index (Phi) is 3.68. The molecule has 126 valence electrons. The number of hydrogen-bond acceptors (Lipinski definition) is 4. The number of benzene rings is 1. The molecule has 25 heavy (non-hydrogen) atoms. The summed E-state index contributed by atoms with van der Waals surface area (Å²) in [5, 5.41) is 11.0. The summed E-state index contributed by atoms with van der Waals surface area (Å²) in [5.74, 6) is -0.849. The highest BCUT2D eigenvalue weighted by atomic mass is 19.3. The summed E-state index contributed by atoms with van der Waals surface area (Å²) in [7, 11) is 0. The van der Waals surface area contributed by atoms with Gasteiger partial charge in [-0.15, -0.1) is 0 Å². The van der Waals surface area contributed by atoms with Crippen LogP contribution in [0.15, 0.2) is 42.6 Å². The maximum absolute atomic E-state index is 13.9. The Morgan fingerprint density at radius 2 is 1.96 bits per heavy atom. The number of rotatable bonds is 4. The third-order valence-electron chi connectivity index (χ3n) is 3.71. The number of hydrogen-bond donors (Lipinski definition) is 1. The molecular weight excluding hydrogens is 333 g/mol. The zero-order valence-electron chi connectivity index (χ0n) is 12.7. The lowest BCUT2D eigenvalue weighted by molar-refractivity contribution is 0.141. The van der Waals surface area contributed by atoms with Gasteiger partial charge in [0.05, 0.1) is 11.9 Å². The number of halogens is 3. The third kappa shape index (κ3) is 2.73. The standard InChI is InChI=1S/C16H11F3N6/c17-11-6-2-1-4-9(11)8-25-16-10(5-3-7-20-16)12(24-25)14-21-15(13(18)19)23-22-14/h1-7,13H,8H2,(H,21,22,23). The van der Waals surface area contributed by atoms with E-state index in [9.17, 15) is 13.2 Å². The normalized spacial score (nSPS) is 11.5. The fourth-order valence-electron chi connectivity index (χ4n) is 2.55. The molecule has 3 heterocycles. The molecule has 4 aromatic rings. The van der Waals surface area contributed by atoms with Crippen LogP contribution in [0.5, 0.6) is 0 Å². The van der Waals surface area contributed by atoms with Gasteiger partial charge in [0.2, 0.25) is 5.82 Å². The average Bonchev–Trinajstić information content (AvgIpc) is 3.22. The van der Waals surface area contributed by atoms with Crippen LogP contribution in [0.25, 0.3) is 22.6 Å². The highest BCUT2D eigenvalue weighted by Crippen LogP contribution is 2.26. The number of nitrogens with zero attached hydrogens (tertiary/aromatic N) is 5. The van der Waals surface area contributed by atoms with Crippen molar-refractivity contribution in [3.05, 3.63) is 59.8 Å². The minimum atomic E-state index is -2.76. The smallest absolute Gasteiger partial charge is 0.258 e. The lowest BCUT2D eigenvalue weighted by Gasteiger charge is -2.04. The molecule has 0 aliphatic carbocycles. The van der Waals surface area contributed by atoms with E-state index in [1.807, 2.05) is 0 Å². The number of pyridine rings is 1. The topological polar surface area (TPSA) is 72.3 Å². The second kappa shape index (κ2) is 6.00. The Hall–Kier alpha value is -3.23. The molecule has 0 unspecified atom stereocenters.